The minimum absolute atomic E-state index is 0.134. The van der Waals surface area contributed by atoms with Gasteiger partial charge in [0.15, 0.2) is 0 Å². The van der Waals surface area contributed by atoms with Crippen LogP contribution < -0.4 is 5.43 Å². The lowest BCUT2D eigenvalue weighted by Crippen LogP contribution is -2.47. The van der Waals surface area contributed by atoms with Gasteiger partial charge in [0.25, 0.3) is 0 Å². The number of hydrogen-bond donors (Lipinski definition) is 2. The first-order valence-electron chi connectivity index (χ1n) is 4.83. The highest BCUT2D eigenvalue weighted by atomic mass is 16.4. The molecule has 0 aromatic carbocycles. The fourth-order valence-corrected chi connectivity index (χ4v) is 1.62. The van der Waals surface area contributed by atoms with E-state index in [1.807, 2.05) is 0 Å². The second kappa shape index (κ2) is 4.58. The van der Waals surface area contributed by atoms with E-state index in [-0.39, 0.29) is 5.92 Å². The van der Waals surface area contributed by atoms with E-state index >= 15 is 0 Å². The summed E-state index contributed by atoms with van der Waals surface area (Å²) in [6.45, 7) is 5.86. The molecule has 76 valence electrons. The maximum atomic E-state index is 10.6. The van der Waals surface area contributed by atoms with Crippen LogP contribution in [0.15, 0.2) is 0 Å². The van der Waals surface area contributed by atoms with Gasteiger partial charge in [-0.2, -0.15) is 0 Å². The Morgan fingerprint density at radius 2 is 2.00 bits per heavy atom. The molecule has 1 heterocycles. The average Bonchev–Trinajstić information content (AvgIpc) is 2.04. The van der Waals surface area contributed by atoms with Crippen molar-refractivity contribution in [1.29, 1.82) is 0 Å². The number of hydrogen-bond acceptors (Lipinski definition) is 3. The van der Waals surface area contributed by atoms with Gasteiger partial charge in [0.1, 0.15) is 0 Å². The Hall–Kier alpha value is -0.610. The maximum Gasteiger partial charge on any atom is 0.306 e. The number of nitrogens with one attached hydrogen (secondary N) is 1. The standard InChI is InChI=1S/C9H18N2O2/c1-7(2)10-11-5-3-8(4-6-11)9(12)13/h7-8,10H,3-6H2,1-2H3,(H,12,13). The Morgan fingerprint density at radius 3 is 2.38 bits per heavy atom. The normalized spacial score (nSPS) is 20.8. The van der Waals surface area contributed by atoms with E-state index in [1.165, 1.54) is 0 Å². The Balaban J connectivity index is 2.26. The maximum absolute atomic E-state index is 10.6. The van der Waals surface area contributed by atoms with Crippen LogP contribution in [0.1, 0.15) is 26.7 Å². The monoisotopic (exact) mass is 186 g/mol. The number of piperidine rings is 1. The van der Waals surface area contributed by atoms with E-state index in [0.717, 1.165) is 25.9 Å². The highest BCUT2D eigenvalue weighted by Gasteiger charge is 2.24. The second-order valence-electron chi connectivity index (χ2n) is 3.88. The summed E-state index contributed by atoms with van der Waals surface area (Å²) in [4.78, 5) is 10.6. The molecule has 0 aromatic rings. The molecule has 1 rings (SSSR count). The number of hydrazine groups is 1. The number of nitrogens with zero attached hydrogens (tertiary/aromatic N) is 1. The third kappa shape index (κ3) is 3.32. The van der Waals surface area contributed by atoms with Crippen LogP contribution in [-0.2, 0) is 4.79 Å². The highest BCUT2D eigenvalue weighted by Crippen LogP contribution is 2.15. The van der Waals surface area contributed by atoms with Gasteiger partial charge in [0, 0.05) is 19.1 Å². The van der Waals surface area contributed by atoms with Crippen LogP contribution in [0.5, 0.6) is 0 Å². The quantitative estimate of drug-likeness (QED) is 0.681. The summed E-state index contributed by atoms with van der Waals surface area (Å²) in [6, 6.07) is 0.432. The third-order valence-electron chi connectivity index (χ3n) is 2.28. The van der Waals surface area contributed by atoms with Crippen molar-refractivity contribution in [2.75, 3.05) is 13.1 Å². The number of carboxylic acids is 1. The third-order valence-corrected chi connectivity index (χ3v) is 2.28. The molecular weight excluding hydrogens is 168 g/mol. The smallest absolute Gasteiger partial charge is 0.306 e. The summed E-state index contributed by atoms with van der Waals surface area (Å²) in [5.41, 5.74) is 3.28. The molecule has 4 nitrogen and oxygen atoms in total. The molecule has 0 unspecified atom stereocenters. The number of carbonyl (C=O) groups is 1. The van der Waals surface area contributed by atoms with Crippen molar-refractivity contribution in [3.63, 3.8) is 0 Å². The van der Waals surface area contributed by atoms with E-state index in [9.17, 15) is 4.79 Å². The van der Waals surface area contributed by atoms with Crippen LogP contribution in [0.25, 0.3) is 0 Å². The van der Waals surface area contributed by atoms with Crippen molar-refractivity contribution in [1.82, 2.24) is 10.4 Å². The van der Waals surface area contributed by atoms with Gasteiger partial charge in [-0.25, -0.2) is 5.01 Å². The number of aliphatic carboxylic acids is 1. The van der Waals surface area contributed by atoms with Crippen molar-refractivity contribution in [3.05, 3.63) is 0 Å². The van der Waals surface area contributed by atoms with E-state index < -0.39 is 5.97 Å². The Kier molecular flexibility index (Phi) is 3.69. The predicted octanol–water partition coefficient (Wildman–Crippen LogP) is 0.696. The minimum atomic E-state index is -0.649. The van der Waals surface area contributed by atoms with Gasteiger partial charge in [-0.1, -0.05) is 0 Å². The first kappa shape index (κ1) is 10.5. The van der Waals surface area contributed by atoms with Crippen molar-refractivity contribution in [2.24, 2.45) is 5.92 Å². The predicted molar refractivity (Wildman–Crippen MR) is 50.2 cm³/mol. The minimum Gasteiger partial charge on any atom is -0.481 e. The molecule has 0 bridgehead atoms. The van der Waals surface area contributed by atoms with Crippen LogP contribution in [-0.4, -0.2) is 35.2 Å². The zero-order valence-corrected chi connectivity index (χ0v) is 8.29. The molecule has 0 saturated carbocycles. The van der Waals surface area contributed by atoms with Gasteiger partial charge in [0.05, 0.1) is 5.92 Å². The van der Waals surface area contributed by atoms with Crippen molar-refractivity contribution >= 4 is 5.97 Å². The van der Waals surface area contributed by atoms with E-state index in [4.69, 9.17) is 5.11 Å². The van der Waals surface area contributed by atoms with Crippen LogP contribution in [0.3, 0.4) is 0 Å². The molecule has 0 aromatic heterocycles. The molecule has 1 fully saturated rings. The Labute approximate surface area is 78.9 Å². The lowest BCUT2D eigenvalue weighted by molar-refractivity contribution is -0.143. The zero-order chi connectivity index (χ0) is 9.84. The first-order chi connectivity index (χ1) is 6.09. The molecular formula is C9H18N2O2. The molecule has 0 amide bonds. The second-order valence-corrected chi connectivity index (χ2v) is 3.88. The summed E-state index contributed by atoms with van der Waals surface area (Å²) in [5, 5.41) is 10.9. The lowest BCUT2D eigenvalue weighted by Gasteiger charge is -2.31. The summed E-state index contributed by atoms with van der Waals surface area (Å²) in [5.74, 6) is -0.783. The Bertz CT molecular complexity index is 174. The number of rotatable bonds is 3. The molecule has 0 atom stereocenters. The van der Waals surface area contributed by atoms with Crippen molar-refractivity contribution < 1.29 is 9.90 Å². The molecule has 4 heteroatoms. The van der Waals surface area contributed by atoms with Crippen LogP contribution >= 0.6 is 0 Å². The molecule has 2 N–H and O–H groups in total. The molecule has 0 aliphatic carbocycles. The topological polar surface area (TPSA) is 52.6 Å². The largest absolute Gasteiger partial charge is 0.481 e. The zero-order valence-electron chi connectivity index (χ0n) is 8.29. The first-order valence-corrected chi connectivity index (χ1v) is 4.83. The van der Waals surface area contributed by atoms with Gasteiger partial charge < -0.3 is 5.11 Å². The summed E-state index contributed by atoms with van der Waals surface area (Å²) >= 11 is 0. The molecule has 0 radical (unpaired) electrons. The summed E-state index contributed by atoms with van der Waals surface area (Å²) in [7, 11) is 0. The van der Waals surface area contributed by atoms with Gasteiger partial charge in [0.2, 0.25) is 0 Å². The van der Waals surface area contributed by atoms with E-state index in [2.05, 4.69) is 24.3 Å². The molecule has 1 saturated heterocycles. The SMILES string of the molecule is CC(C)NN1CCC(C(=O)O)CC1. The van der Waals surface area contributed by atoms with Crippen molar-refractivity contribution in [2.45, 2.75) is 32.7 Å². The molecule has 1 aliphatic heterocycles. The van der Waals surface area contributed by atoms with Gasteiger partial charge >= 0.3 is 5.97 Å². The summed E-state index contributed by atoms with van der Waals surface area (Å²) < 4.78 is 0. The van der Waals surface area contributed by atoms with E-state index in [0.29, 0.717) is 6.04 Å². The number of carboxylic acid groups (broad SMARTS) is 1. The summed E-state index contributed by atoms with van der Waals surface area (Å²) in [6.07, 6.45) is 1.52. The highest BCUT2D eigenvalue weighted by molar-refractivity contribution is 5.70. The molecule has 0 spiro atoms. The Morgan fingerprint density at radius 1 is 1.46 bits per heavy atom. The molecule has 1 aliphatic rings. The molecule has 13 heavy (non-hydrogen) atoms. The fourth-order valence-electron chi connectivity index (χ4n) is 1.62. The lowest BCUT2D eigenvalue weighted by atomic mass is 9.98. The van der Waals surface area contributed by atoms with Gasteiger partial charge in [-0.3, -0.25) is 10.2 Å². The van der Waals surface area contributed by atoms with Crippen LogP contribution in [0, 0.1) is 5.92 Å². The fraction of sp³-hybridized carbons (Fsp3) is 0.889. The van der Waals surface area contributed by atoms with Gasteiger partial charge in [-0.15, -0.1) is 0 Å². The van der Waals surface area contributed by atoms with E-state index in [1.54, 1.807) is 0 Å². The van der Waals surface area contributed by atoms with Crippen molar-refractivity contribution in [3.8, 4) is 0 Å². The van der Waals surface area contributed by atoms with Gasteiger partial charge in [-0.05, 0) is 26.7 Å². The average molecular weight is 186 g/mol. The van der Waals surface area contributed by atoms with Crippen LogP contribution in [0.2, 0.25) is 0 Å². The van der Waals surface area contributed by atoms with Crippen LogP contribution in [0.4, 0.5) is 0 Å².